The monoisotopic (exact) mass is 204 g/mol. The van der Waals surface area contributed by atoms with Crippen LogP contribution in [0.5, 0.6) is 0 Å². The maximum Gasteiger partial charge on any atom is 0.0196 e. The molecule has 0 radical (unpaired) electrons. The Morgan fingerprint density at radius 1 is 1.33 bits per heavy atom. The first-order chi connectivity index (χ1) is 7.36. The second kappa shape index (κ2) is 7.21. The van der Waals surface area contributed by atoms with Crippen LogP contribution in [-0.2, 0) is 6.42 Å². The predicted molar refractivity (Wildman–Crippen MR) is 65.8 cm³/mol. The van der Waals surface area contributed by atoms with E-state index in [1.165, 1.54) is 5.56 Å². The zero-order valence-corrected chi connectivity index (χ0v) is 9.15. The Bertz CT molecular complexity index is 269. The Kier molecular flexibility index (Phi) is 5.74. The number of hydrogen-bond acceptors (Lipinski definition) is 2. The molecule has 2 heteroatoms. The van der Waals surface area contributed by atoms with Gasteiger partial charge in [0, 0.05) is 19.1 Å². The number of hydrogen-bond donors (Lipinski definition) is 2. The van der Waals surface area contributed by atoms with Gasteiger partial charge in [0.1, 0.15) is 0 Å². The third-order valence-electron chi connectivity index (χ3n) is 2.46. The van der Waals surface area contributed by atoms with Gasteiger partial charge in [-0.05, 0) is 18.4 Å². The standard InChI is InChI=1S/C13H20N2/c1-2-10-15-13(11-14)9-8-12-6-4-3-5-7-12/h2-7,13,15H,1,8-11,14H2. The Morgan fingerprint density at radius 3 is 2.67 bits per heavy atom. The highest BCUT2D eigenvalue weighted by Gasteiger charge is 2.04. The largest absolute Gasteiger partial charge is 0.329 e. The molecule has 0 spiro atoms. The first kappa shape index (κ1) is 12.0. The second-order valence-electron chi connectivity index (χ2n) is 3.65. The molecular formula is C13H20N2. The molecule has 3 N–H and O–H groups in total. The van der Waals surface area contributed by atoms with E-state index in [1.807, 2.05) is 12.1 Å². The molecule has 1 aromatic rings. The summed E-state index contributed by atoms with van der Waals surface area (Å²) in [7, 11) is 0. The van der Waals surface area contributed by atoms with Crippen LogP contribution in [0.3, 0.4) is 0 Å². The predicted octanol–water partition coefficient (Wildman–Crippen LogP) is 1.72. The van der Waals surface area contributed by atoms with Crippen molar-refractivity contribution in [1.82, 2.24) is 5.32 Å². The van der Waals surface area contributed by atoms with Crippen LogP contribution in [-0.4, -0.2) is 19.1 Å². The third-order valence-corrected chi connectivity index (χ3v) is 2.46. The van der Waals surface area contributed by atoms with Crippen LogP contribution < -0.4 is 11.1 Å². The quantitative estimate of drug-likeness (QED) is 0.664. The average molecular weight is 204 g/mol. The smallest absolute Gasteiger partial charge is 0.0196 e. The Labute approximate surface area is 92.2 Å². The van der Waals surface area contributed by atoms with Crippen molar-refractivity contribution in [3.8, 4) is 0 Å². The van der Waals surface area contributed by atoms with E-state index in [0.717, 1.165) is 19.4 Å². The first-order valence-corrected chi connectivity index (χ1v) is 5.45. The lowest BCUT2D eigenvalue weighted by atomic mass is 10.1. The molecular weight excluding hydrogens is 184 g/mol. The van der Waals surface area contributed by atoms with Crippen molar-refractivity contribution in [2.24, 2.45) is 5.73 Å². The normalized spacial score (nSPS) is 12.3. The van der Waals surface area contributed by atoms with Crippen LogP contribution in [0, 0.1) is 0 Å². The van der Waals surface area contributed by atoms with E-state index in [-0.39, 0.29) is 0 Å². The van der Waals surface area contributed by atoms with Crippen LogP contribution in [0.25, 0.3) is 0 Å². The van der Waals surface area contributed by atoms with Gasteiger partial charge in [-0.3, -0.25) is 0 Å². The number of nitrogens with one attached hydrogen (secondary N) is 1. The molecule has 1 rings (SSSR count). The van der Waals surface area contributed by atoms with Gasteiger partial charge in [-0.15, -0.1) is 6.58 Å². The molecule has 1 unspecified atom stereocenters. The van der Waals surface area contributed by atoms with Gasteiger partial charge in [0.25, 0.3) is 0 Å². The summed E-state index contributed by atoms with van der Waals surface area (Å²) in [5.41, 5.74) is 7.05. The molecule has 15 heavy (non-hydrogen) atoms. The van der Waals surface area contributed by atoms with E-state index in [4.69, 9.17) is 5.73 Å². The fourth-order valence-corrected chi connectivity index (χ4v) is 1.54. The summed E-state index contributed by atoms with van der Waals surface area (Å²) in [5, 5.41) is 3.35. The van der Waals surface area contributed by atoms with E-state index < -0.39 is 0 Å². The van der Waals surface area contributed by atoms with Crippen LogP contribution in [0.4, 0.5) is 0 Å². The molecule has 1 atom stereocenters. The number of nitrogens with two attached hydrogens (primary N) is 1. The summed E-state index contributed by atoms with van der Waals surface area (Å²) >= 11 is 0. The van der Waals surface area contributed by atoms with Gasteiger partial charge in [0.15, 0.2) is 0 Å². The molecule has 0 saturated heterocycles. The molecule has 1 aromatic carbocycles. The van der Waals surface area contributed by atoms with Gasteiger partial charge in [0.2, 0.25) is 0 Å². The summed E-state index contributed by atoms with van der Waals surface area (Å²) in [6.07, 6.45) is 4.02. The van der Waals surface area contributed by atoms with Crippen molar-refractivity contribution >= 4 is 0 Å². The van der Waals surface area contributed by atoms with Crippen molar-refractivity contribution in [3.05, 3.63) is 48.6 Å². The number of rotatable bonds is 7. The highest BCUT2D eigenvalue weighted by atomic mass is 14.9. The molecule has 0 aliphatic carbocycles. The van der Waals surface area contributed by atoms with Crippen LogP contribution in [0.2, 0.25) is 0 Å². The van der Waals surface area contributed by atoms with Gasteiger partial charge in [-0.1, -0.05) is 36.4 Å². The number of aryl methyl sites for hydroxylation is 1. The molecule has 0 aromatic heterocycles. The molecule has 0 amide bonds. The zero-order chi connectivity index (χ0) is 10.9. The average Bonchev–Trinajstić information content (AvgIpc) is 2.31. The Balaban J connectivity index is 2.31. The van der Waals surface area contributed by atoms with Gasteiger partial charge in [0.05, 0.1) is 0 Å². The van der Waals surface area contributed by atoms with Crippen molar-refractivity contribution in [2.45, 2.75) is 18.9 Å². The van der Waals surface area contributed by atoms with E-state index in [0.29, 0.717) is 12.6 Å². The highest BCUT2D eigenvalue weighted by molar-refractivity contribution is 5.14. The van der Waals surface area contributed by atoms with Gasteiger partial charge in [-0.2, -0.15) is 0 Å². The molecule has 82 valence electrons. The topological polar surface area (TPSA) is 38.0 Å². The Morgan fingerprint density at radius 2 is 2.07 bits per heavy atom. The van der Waals surface area contributed by atoms with Crippen LogP contribution in [0.1, 0.15) is 12.0 Å². The lowest BCUT2D eigenvalue weighted by Crippen LogP contribution is -2.36. The molecule has 0 saturated carbocycles. The molecule has 0 aliphatic heterocycles. The van der Waals surface area contributed by atoms with E-state index in [9.17, 15) is 0 Å². The fourth-order valence-electron chi connectivity index (χ4n) is 1.54. The van der Waals surface area contributed by atoms with E-state index >= 15 is 0 Å². The summed E-state index contributed by atoms with van der Waals surface area (Å²) in [6.45, 7) is 5.19. The molecule has 0 aliphatic rings. The second-order valence-corrected chi connectivity index (χ2v) is 3.65. The summed E-state index contributed by atoms with van der Waals surface area (Å²) < 4.78 is 0. The SMILES string of the molecule is C=CCNC(CN)CCc1ccccc1. The van der Waals surface area contributed by atoms with Gasteiger partial charge in [-0.25, -0.2) is 0 Å². The lowest BCUT2D eigenvalue weighted by molar-refractivity contribution is 0.512. The summed E-state index contributed by atoms with van der Waals surface area (Å²) in [4.78, 5) is 0. The maximum absolute atomic E-state index is 5.68. The van der Waals surface area contributed by atoms with Gasteiger partial charge >= 0.3 is 0 Å². The van der Waals surface area contributed by atoms with E-state index in [2.05, 4.69) is 36.2 Å². The molecule has 0 fully saturated rings. The highest BCUT2D eigenvalue weighted by Crippen LogP contribution is 2.04. The zero-order valence-electron chi connectivity index (χ0n) is 9.15. The van der Waals surface area contributed by atoms with Crippen LogP contribution >= 0.6 is 0 Å². The molecule has 2 nitrogen and oxygen atoms in total. The maximum atomic E-state index is 5.68. The number of benzene rings is 1. The van der Waals surface area contributed by atoms with Crippen molar-refractivity contribution < 1.29 is 0 Å². The summed E-state index contributed by atoms with van der Waals surface area (Å²) in [6, 6.07) is 10.9. The summed E-state index contributed by atoms with van der Waals surface area (Å²) in [5.74, 6) is 0. The molecule has 0 bridgehead atoms. The first-order valence-electron chi connectivity index (χ1n) is 5.45. The minimum atomic E-state index is 0.392. The minimum Gasteiger partial charge on any atom is -0.329 e. The fraction of sp³-hybridized carbons (Fsp3) is 0.385. The van der Waals surface area contributed by atoms with Crippen molar-refractivity contribution in [3.63, 3.8) is 0 Å². The Hall–Kier alpha value is -1.12. The third kappa shape index (κ3) is 4.77. The molecule has 0 heterocycles. The van der Waals surface area contributed by atoms with Gasteiger partial charge < -0.3 is 11.1 Å². The minimum absolute atomic E-state index is 0.392. The lowest BCUT2D eigenvalue weighted by Gasteiger charge is -2.15. The van der Waals surface area contributed by atoms with Crippen molar-refractivity contribution in [2.75, 3.05) is 13.1 Å². The van der Waals surface area contributed by atoms with Crippen molar-refractivity contribution in [1.29, 1.82) is 0 Å². The van der Waals surface area contributed by atoms with Crippen LogP contribution in [0.15, 0.2) is 43.0 Å². The van der Waals surface area contributed by atoms with E-state index in [1.54, 1.807) is 0 Å².